The Kier molecular flexibility index (Phi) is 6.49. The number of sulfonamides is 1. The third kappa shape index (κ3) is 5.03. The molecule has 2 aromatic carbocycles. The summed E-state index contributed by atoms with van der Waals surface area (Å²) in [6.45, 7) is 4.26. The summed E-state index contributed by atoms with van der Waals surface area (Å²) in [7, 11) is -3.55. The van der Waals surface area contributed by atoms with Crippen LogP contribution in [0.3, 0.4) is 0 Å². The van der Waals surface area contributed by atoms with Crippen molar-refractivity contribution >= 4 is 26.7 Å². The Bertz CT molecular complexity index is 1110. The lowest BCUT2D eigenvalue weighted by Crippen LogP contribution is -2.48. The number of benzene rings is 2. The molecule has 2 heterocycles. The topological polar surface area (TPSA) is 75.6 Å². The number of rotatable bonds is 7. The Labute approximate surface area is 185 Å². The second-order valence-electron chi connectivity index (χ2n) is 7.09. The van der Waals surface area contributed by atoms with Crippen LogP contribution in [0, 0.1) is 5.82 Å². The molecule has 164 valence electrons. The summed E-state index contributed by atoms with van der Waals surface area (Å²) in [6, 6.07) is 12.8. The van der Waals surface area contributed by atoms with Gasteiger partial charge in [0.05, 0.1) is 11.5 Å². The highest BCUT2D eigenvalue weighted by molar-refractivity contribution is 7.89. The van der Waals surface area contributed by atoms with Crippen LogP contribution in [0.25, 0.3) is 0 Å². The van der Waals surface area contributed by atoms with Gasteiger partial charge < -0.3 is 9.64 Å². The van der Waals surface area contributed by atoms with Crippen LogP contribution in [-0.2, 0) is 16.4 Å². The largest absolute Gasteiger partial charge is 0.494 e. The van der Waals surface area contributed by atoms with E-state index in [1.54, 1.807) is 36.4 Å². The molecule has 1 aliphatic rings. The van der Waals surface area contributed by atoms with Crippen LogP contribution in [0.4, 0.5) is 9.52 Å². The SMILES string of the molecule is CCOc1ccc(S(=O)(=O)N2CCN(c3nc(Cc4ccc(F)cc4)ns3)CC2)cc1. The summed E-state index contributed by atoms with van der Waals surface area (Å²) < 4.78 is 50.2. The van der Waals surface area contributed by atoms with Gasteiger partial charge >= 0.3 is 0 Å². The molecule has 0 N–H and O–H groups in total. The molecule has 7 nitrogen and oxygen atoms in total. The van der Waals surface area contributed by atoms with Crippen molar-refractivity contribution in [1.82, 2.24) is 13.7 Å². The third-order valence-corrected chi connectivity index (χ3v) is 7.74. The van der Waals surface area contributed by atoms with E-state index in [1.165, 1.54) is 28.0 Å². The van der Waals surface area contributed by atoms with Gasteiger partial charge in [0.1, 0.15) is 17.4 Å². The van der Waals surface area contributed by atoms with E-state index in [1.807, 2.05) is 6.92 Å². The van der Waals surface area contributed by atoms with Crippen LogP contribution < -0.4 is 9.64 Å². The lowest BCUT2D eigenvalue weighted by atomic mass is 10.1. The molecule has 1 fully saturated rings. The molecule has 0 spiro atoms. The van der Waals surface area contributed by atoms with Gasteiger partial charge in [-0.25, -0.2) is 17.8 Å². The van der Waals surface area contributed by atoms with Gasteiger partial charge in [-0.3, -0.25) is 0 Å². The van der Waals surface area contributed by atoms with Crippen LogP contribution in [0.1, 0.15) is 18.3 Å². The second-order valence-corrected chi connectivity index (χ2v) is 9.76. The number of piperazine rings is 1. The van der Waals surface area contributed by atoms with Crippen LogP contribution in [0.5, 0.6) is 5.75 Å². The standard InChI is InChI=1S/C21H23FN4O3S2/c1-2-29-18-7-9-19(10-8-18)31(27,28)26-13-11-25(12-14-26)21-23-20(24-30-21)15-16-3-5-17(22)6-4-16/h3-10H,2,11-15H2,1H3. The average molecular weight is 463 g/mol. The first-order valence-corrected chi connectivity index (χ1v) is 12.2. The van der Waals surface area contributed by atoms with Crippen molar-refractivity contribution < 1.29 is 17.5 Å². The molecule has 0 saturated carbocycles. The number of anilines is 1. The zero-order valence-electron chi connectivity index (χ0n) is 17.1. The van der Waals surface area contributed by atoms with Crippen LogP contribution >= 0.6 is 11.5 Å². The van der Waals surface area contributed by atoms with Crippen LogP contribution in [0.2, 0.25) is 0 Å². The fraction of sp³-hybridized carbons (Fsp3) is 0.333. The van der Waals surface area contributed by atoms with E-state index in [0.29, 0.717) is 50.8 Å². The molecule has 1 aromatic heterocycles. The van der Waals surface area contributed by atoms with E-state index in [-0.39, 0.29) is 10.7 Å². The molecule has 0 atom stereocenters. The molecule has 0 amide bonds. The molecule has 1 saturated heterocycles. The highest BCUT2D eigenvalue weighted by atomic mass is 32.2. The fourth-order valence-corrected chi connectivity index (χ4v) is 5.53. The summed E-state index contributed by atoms with van der Waals surface area (Å²) in [4.78, 5) is 6.90. The minimum atomic E-state index is -3.55. The fourth-order valence-electron chi connectivity index (χ4n) is 3.37. The summed E-state index contributed by atoms with van der Waals surface area (Å²) >= 11 is 1.30. The number of aromatic nitrogens is 2. The molecule has 3 aromatic rings. The molecular weight excluding hydrogens is 439 g/mol. The Morgan fingerprint density at radius 3 is 2.35 bits per heavy atom. The molecule has 0 bridgehead atoms. The van der Waals surface area contributed by atoms with E-state index in [0.717, 1.165) is 10.7 Å². The van der Waals surface area contributed by atoms with Crippen molar-refractivity contribution in [2.24, 2.45) is 0 Å². The predicted octanol–water partition coefficient (Wildman–Crippen LogP) is 3.18. The van der Waals surface area contributed by atoms with Crippen molar-refractivity contribution in [3.05, 3.63) is 65.7 Å². The van der Waals surface area contributed by atoms with Gasteiger partial charge in [-0.2, -0.15) is 8.68 Å². The number of hydrogen-bond donors (Lipinski definition) is 0. The molecule has 31 heavy (non-hydrogen) atoms. The van der Waals surface area contributed by atoms with Gasteiger partial charge in [0, 0.05) is 44.1 Å². The summed E-state index contributed by atoms with van der Waals surface area (Å²) in [6.07, 6.45) is 0.531. The Morgan fingerprint density at radius 1 is 1.03 bits per heavy atom. The van der Waals surface area contributed by atoms with Crippen molar-refractivity contribution in [2.45, 2.75) is 18.2 Å². The maximum atomic E-state index is 13.1. The monoisotopic (exact) mass is 462 g/mol. The number of hydrogen-bond acceptors (Lipinski definition) is 7. The van der Waals surface area contributed by atoms with Crippen LogP contribution in [0.15, 0.2) is 53.4 Å². The van der Waals surface area contributed by atoms with Crippen molar-refractivity contribution in [3.8, 4) is 5.75 Å². The molecule has 4 rings (SSSR count). The summed E-state index contributed by atoms with van der Waals surface area (Å²) in [5, 5.41) is 0.773. The molecule has 0 unspecified atom stereocenters. The van der Waals surface area contributed by atoms with E-state index < -0.39 is 10.0 Å². The highest BCUT2D eigenvalue weighted by Gasteiger charge is 2.29. The Morgan fingerprint density at radius 2 is 1.71 bits per heavy atom. The van der Waals surface area contributed by atoms with Crippen molar-refractivity contribution in [2.75, 3.05) is 37.7 Å². The summed E-state index contributed by atoms with van der Waals surface area (Å²) in [5.41, 5.74) is 0.942. The first-order valence-electron chi connectivity index (χ1n) is 10.0. The lowest BCUT2D eigenvalue weighted by Gasteiger charge is -2.33. The van der Waals surface area contributed by atoms with E-state index in [2.05, 4.69) is 14.3 Å². The molecule has 0 aliphatic carbocycles. The number of nitrogens with zero attached hydrogens (tertiary/aromatic N) is 4. The zero-order valence-corrected chi connectivity index (χ0v) is 18.7. The molecule has 10 heteroatoms. The molecule has 1 aliphatic heterocycles. The first-order chi connectivity index (χ1) is 15.0. The predicted molar refractivity (Wildman–Crippen MR) is 118 cm³/mol. The maximum Gasteiger partial charge on any atom is 0.243 e. The van der Waals surface area contributed by atoms with E-state index in [9.17, 15) is 12.8 Å². The smallest absolute Gasteiger partial charge is 0.243 e. The number of ether oxygens (including phenoxy) is 1. The van der Waals surface area contributed by atoms with Gasteiger partial charge in [-0.1, -0.05) is 12.1 Å². The second kappa shape index (κ2) is 9.29. The first kappa shape index (κ1) is 21.7. The van der Waals surface area contributed by atoms with Gasteiger partial charge in [0.25, 0.3) is 0 Å². The third-order valence-electron chi connectivity index (χ3n) is 5.01. The normalized spacial score (nSPS) is 15.2. The van der Waals surface area contributed by atoms with Gasteiger partial charge in [-0.15, -0.1) is 0 Å². The molecule has 0 radical (unpaired) electrons. The maximum absolute atomic E-state index is 13.1. The Hall–Kier alpha value is -2.56. The Balaban J connectivity index is 1.37. The average Bonchev–Trinajstić information content (AvgIpc) is 3.25. The van der Waals surface area contributed by atoms with E-state index >= 15 is 0 Å². The molecular formula is C21H23FN4O3S2. The van der Waals surface area contributed by atoms with Gasteiger partial charge in [0.15, 0.2) is 0 Å². The summed E-state index contributed by atoms with van der Waals surface area (Å²) in [5.74, 6) is 1.06. The van der Waals surface area contributed by atoms with E-state index in [4.69, 9.17) is 4.74 Å². The quantitative estimate of drug-likeness (QED) is 0.537. The lowest BCUT2D eigenvalue weighted by molar-refractivity contribution is 0.340. The minimum Gasteiger partial charge on any atom is -0.494 e. The van der Waals surface area contributed by atoms with Crippen molar-refractivity contribution in [3.63, 3.8) is 0 Å². The van der Waals surface area contributed by atoms with Gasteiger partial charge in [0.2, 0.25) is 15.2 Å². The van der Waals surface area contributed by atoms with Crippen molar-refractivity contribution in [1.29, 1.82) is 0 Å². The minimum absolute atomic E-state index is 0.266. The number of halogens is 1. The van der Waals surface area contributed by atoms with Gasteiger partial charge in [-0.05, 0) is 48.9 Å². The van der Waals surface area contributed by atoms with Crippen LogP contribution in [-0.4, -0.2) is 54.9 Å². The highest BCUT2D eigenvalue weighted by Crippen LogP contribution is 2.24. The zero-order chi connectivity index (χ0) is 21.8.